The summed E-state index contributed by atoms with van der Waals surface area (Å²) in [6, 6.07) is 2.21. The Hall–Kier alpha value is -0.846. The largest absolute Gasteiger partial charge is 0.394 e. The number of rotatable bonds is 52. The van der Waals surface area contributed by atoms with Gasteiger partial charge in [-0.3, -0.25) is 0 Å². The van der Waals surface area contributed by atoms with Gasteiger partial charge in [0.05, 0.1) is 0 Å². The van der Waals surface area contributed by atoms with Gasteiger partial charge in [0.1, 0.15) is 0 Å². The van der Waals surface area contributed by atoms with Crippen LogP contribution in [0.5, 0.6) is 0 Å². The van der Waals surface area contributed by atoms with Gasteiger partial charge in [-0.05, 0) is 194 Å². The van der Waals surface area contributed by atoms with E-state index in [1.807, 2.05) is 0 Å². The molecule has 0 saturated carbocycles. The van der Waals surface area contributed by atoms with Gasteiger partial charge in [0.15, 0.2) is 0 Å². The first-order chi connectivity index (χ1) is 31.7. The Morgan fingerprint density at radius 1 is 0.292 bits per heavy atom. The third-order valence-corrected chi connectivity index (χ3v) is 18.5. The van der Waals surface area contributed by atoms with Crippen molar-refractivity contribution in [2.75, 3.05) is 66.7 Å². The molecule has 0 aliphatic heterocycles. The average Bonchev–Trinajstić information content (AvgIpc) is 3.29. The van der Waals surface area contributed by atoms with Crippen molar-refractivity contribution in [1.82, 2.24) is 9.80 Å². The lowest BCUT2D eigenvalue weighted by Crippen LogP contribution is -2.39. The molecule has 0 N–H and O–H groups in total. The van der Waals surface area contributed by atoms with Crippen LogP contribution in [0.4, 0.5) is 0 Å². The van der Waals surface area contributed by atoms with E-state index in [9.17, 15) is 0 Å². The first-order valence-corrected chi connectivity index (χ1v) is 33.3. The predicted octanol–water partition coefficient (Wildman–Crippen LogP) is 17.5. The van der Waals surface area contributed by atoms with Crippen LogP contribution in [0.3, 0.4) is 0 Å². The van der Waals surface area contributed by atoms with Crippen molar-refractivity contribution in [3.8, 4) is 0 Å². The molecule has 0 saturated heterocycles. The summed E-state index contributed by atoms with van der Waals surface area (Å²) in [4.78, 5) is 5.09. The Labute approximate surface area is 410 Å². The van der Waals surface area contributed by atoms with Crippen LogP contribution in [-0.2, 0) is 17.7 Å². The Balaban J connectivity index is 4.53. The van der Waals surface area contributed by atoms with Gasteiger partial charge >= 0.3 is 17.1 Å². The molecule has 0 bridgehead atoms. The molecule has 0 fully saturated rings. The summed E-state index contributed by atoms with van der Waals surface area (Å²) in [5.74, 6) is 0. The first-order valence-electron chi connectivity index (χ1n) is 28.3. The van der Waals surface area contributed by atoms with Crippen molar-refractivity contribution in [1.29, 1.82) is 0 Å². The predicted molar refractivity (Wildman–Crippen MR) is 294 cm³/mol. The maximum absolute atomic E-state index is 6.62. The van der Waals surface area contributed by atoms with E-state index in [0.29, 0.717) is 0 Å². The summed E-state index contributed by atoms with van der Waals surface area (Å²) >= 11 is 0. The summed E-state index contributed by atoms with van der Waals surface area (Å²) in [5, 5.41) is 0. The van der Waals surface area contributed by atoms with Gasteiger partial charge in [-0.15, -0.1) is 0 Å². The zero-order chi connectivity index (χ0) is 47.6. The van der Waals surface area contributed by atoms with Gasteiger partial charge in [-0.25, -0.2) is 0 Å². The summed E-state index contributed by atoms with van der Waals surface area (Å²) in [7, 11) is 0.275. The Bertz CT molecular complexity index is 1030. The summed E-state index contributed by atoms with van der Waals surface area (Å²) < 4.78 is 26.5. The minimum Gasteiger partial charge on any atom is -0.394 e. The lowest BCUT2D eigenvalue weighted by molar-refractivity contribution is 0.168. The van der Waals surface area contributed by atoms with Gasteiger partial charge < -0.3 is 27.5 Å². The van der Waals surface area contributed by atoms with Crippen LogP contribution in [0.15, 0.2) is 48.6 Å². The van der Waals surface area contributed by atoms with Crippen LogP contribution in [0.1, 0.15) is 227 Å². The second kappa shape index (κ2) is 49.6. The average molecular weight is 948 g/mol. The SMILES string of the molecule is CCCCC/C=C\CCCO[Si](C)(CCCCCN(C)CCCCN(C)CCCC[Si](C)(OCCC/C=C\CCCCC)OCCC/C=C\CCCCC)OCCC/C=C\CCCCC. The molecule has 0 aliphatic rings. The van der Waals surface area contributed by atoms with Crippen LogP contribution in [0, 0.1) is 0 Å². The fraction of sp³-hybridized carbons (Fsp3) is 0.860. The third-order valence-electron chi connectivity index (χ3n) is 12.7. The van der Waals surface area contributed by atoms with E-state index < -0.39 is 17.1 Å². The second-order valence-electron chi connectivity index (χ2n) is 19.7. The van der Waals surface area contributed by atoms with Gasteiger partial charge in [0, 0.05) is 26.4 Å². The van der Waals surface area contributed by atoms with Crippen LogP contribution >= 0.6 is 0 Å². The normalized spacial score (nSPS) is 13.0. The monoisotopic (exact) mass is 947 g/mol. The van der Waals surface area contributed by atoms with Crippen molar-refractivity contribution < 1.29 is 17.7 Å². The minimum absolute atomic E-state index is 0.828. The van der Waals surface area contributed by atoms with Crippen molar-refractivity contribution in [3.05, 3.63) is 48.6 Å². The minimum atomic E-state index is -2.18. The van der Waals surface area contributed by atoms with E-state index in [4.69, 9.17) is 17.7 Å². The zero-order valence-electron chi connectivity index (χ0n) is 45.1. The highest BCUT2D eigenvalue weighted by atomic mass is 28.4. The number of nitrogens with zero attached hydrogens (tertiary/aromatic N) is 2. The molecular formula is C57H114N2O4Si2. The molecule has 384 valence electrons. The van der Waals surface area contributed by atoms with Gasteiger partial charge in [-0.1, -0.05) is 147 Å². The quantitative estimate of drug-likeness (QED) is 0.0344. The molecule has 6 nitrogen and oxygen atoms in total. The summed E-state index contributed by atoms with van der Waals surface area (Å²) in [5.41, 5.74) is 0. The molecule has 0 aromatic heterocycles. The number of allylic oxidation sites excluding steroid dienone is 8. The molecule has 0 spiro atoms. The van der Waals surface area contributed by atoms with Crippen LogP contribution in [0.2, 0.25) is 25.2 Å². The van der Waals surface area contributed by atoms with Crippen molar-refractivity contribution >= 4 is 17.1 Å². The first kappa shape index (κ1) is 64.2. The highest BCUT2D eigenvalue weighted by Gasteiger charge is 2.31. The Morgan fingerprint density at radius 2 is 0.523 bits per heavy atom. The smallest absolute Gasteiger partial charge is 0.334 e. The molecule has 0 atom stereocenters. The molecule has 65 heavy (non-hydrogen) atoms. The molecule has 0 rings (SSSR count). The molecule has 0 unspecified atom stereocenters. The van der Waals surface area contributed by atoms with Gasteiger partial charge in [0.2, 0.25) is 0 Å². The van der Waals surface area contributed by atoms with E-state index >= 15 is 0 Å². The van der Waals surface area contributed by atoms with E-state index in [1.54, 1.807) is 0 Å². The van der Waals surface area contributed by atoms with Crippen molar-refractivity contribution in [3.63, 3.8) is 0 Å². The zero-order valence-corrected chi connectivity index (χ0v) is 47.1. The highest BCUT2D eigenvalue weighted by Crippen LogP contribution is 2.21. The van der Waals surface area contributed by atoms with Gasteiger partial charge in [0.25, 0.3) is 0 Å². The molecule has 0 aromatic rings. The van der Waals surface area contributed by atoms with E-state index in [-0.39, 0.29) is 0 Å². The molecule has 0 heterocycles. The van der Waals surface area contributed by atoms with E-state index in [0.717, 1.165) is 96.4 Å². The van der Waals surface area contributed by atoms with Crippen LogP contribution < -0.4 is 0 Å². The summed E-state index contributed by atoms with van der Waals surface area (Å²) in [6.07, 6.45) is 57.1. The second-order valence-corrected chi connectivity index (χ2v) is 26.4. The fourth-order valence-electron chi connectivity index (χ4n) is 8.14. The fourth-order valence-corrected chi connectivity index (χ4v) is 13.0. The third kappa shape index (κ3) is 46.6. The lowest BCUT2D eigenvalue weighted by Gasteiger charge is -2.27. The standard InChI is InChI=1S/C57H114N2O4Si2/c1-9-13-17-21-25-29-33-42-52-60-64(7,61-53-43-34-30-26-22-18-14-10-2)56-46-37-38-48-58(5)49-39-40-50-59(6)51-41-47-57-65(8,62-54-44-35-31-27-23-19-15-11-3)63-55-45-36-32-28-24-20-16-12-4/h25-32H,9-24,33-57H2,1-8H3/b29-25-,30-26-,31-27-,32-28-. The van der Waals surface area contributed by atoms with Crippen LogP contribution in [-0.4, -0.2) is 93.6 Å². The number of hydrogen-bond donors (Lipinski definition) is 0. The van der Waals surface area contributed by atoms with E-state index in [1.165, 1.54) is 167 Å². The lowest BCUT2D eigenvalue weighted by atomic mass is 10.2. The summed E-state index contributed by atoms with van der Waals surface area (Å²) in [6.45, 7) is 21.8. The highest BCUT2D eigenvalue weighted by molar-refractivity contribution is 6.66. The Morgan fingerprint density at radius 3 is 0.800 bits per heavy atom. The molecule has 0 radical (unpaired) electrons. The number of hydrogen-bond acceptors (Lipinski definition) is 6. The Kier molecular flexibility index (Phi) is 48.9. The topological polar surface area (TPSA) is 43.4 Å². The molecule has 0 amide bonds. The van der Waals surface area contributed by atoms with Crippen molar-refractivity contribution in [2.24, 2.45) is 0 Å². The number of unbranched alkanes of at least 4 members (excludes halogenated alkanes) is 20. The molecule has 8 heteroatoms. The van der Waals surface area contributed by atoms with E-state index in [2.05, 4.69) is 113 Å². The van der Waals surface area contributed by atoms with Crippen LogP contribution in [0.25, 0.3) is 0 Å². The maximum atomic E-state index is 6.62. The maximum Gasteiger partial charge on any atom is 0.334 e. The molecule has 0 aliphatic carbocycles. The molecule has 0 aromatic carbocycles. The van der Waals surface area contributed by atoms with Gasteiger partial charge in [-0.2, -0.15) is 0 Å². The molecular weight excluding hydrogens is 833 g/mol. The van der Waals surface area contributed by atoms with Crippen molar-refractivity contribution in [2.45, 2.75) is 252 Å².